The SMILES string of the molecule is CC(Cc1ccc(-c2ccc(C#N)n2C)c(F)c1)S(N)(=O)=O. The Bertz CT molecular complexity index is 850. The van der Waals surface area contributed by atoms with Crippen LogP contribution in [-0.2, 0) is 23.5 Å². The summed E-state index contributed by atoms with van der Waals surface area (Å²) in [6, 6.07) is 9.85. The van der Waals surface area contributed by atoms with Crippen molar-refractivity contribution >= 4 is 10.0 Å². The Hall–Kier alpha value is -2.17. The molecule has 0 amide bonds. The lowest BCUT2D eigenvalue weighted by Crippen LogP contribution is -2.27. The van der Waals surface area contributed by atoms with Gasteiger partial charge in [0.2, 0.25) is 10.0 Å². The summed E-state index contributed by atoms with van der Waals surface area (Å²) < 4.78 is 38.4. The topological polar surface area (TPSA) is 88.9 Å². The second-order valence-corrected chi connectivity index (χ2v) is 7.18. The van der Waals surface area contributed by atoms with Crippen molar-refractivity contribution in [3.05, 3.63) is 47.4 Å². The third kappa shape index (κ3) is 3.18. The number of benzene rings is 1. The van der Waals surface area contributed by atoms with Gasteiger partial charge in [-0.2, -0.15) is 5.26 Å². The van der Waals surface area contributed by atoms with Crippen molar-refractivity contribution < 1.29 is 12.8 Å². The van der Waals surface area contributed by atoms with Crippen LogP contribution in [0.2, 0.25) is 0 Å². The number of hydrogen-bond donors (Lipinski definition) is 1. The van der Waals surface area contributed by atoms with E-state index in [2.05, 4.69) is 0 Å². The fourth-order valence-electron chi connectivity index (χ4n) is 2.24. The van der Waals surface area contributed by atoms with E-state index in [1.807, 2.05) is 6.07 Å². The first kappa shape index (κ1) is 16.2. The Morgan fingerprint density at radius 1 is 1.36 bits per heavy atom. The smallest absolute Gasteiger partial charge is 0.212 e. The van der Waals surface area contributed by atoms with Crippen molar-refractivity contribution in [2.24, 2.45) is 12.2 Å². The summed E-state index contributed by atoms with van der Waals surface area (Å²) in [5, 5.41) is 13.2. The maximum Gasteiger partial charge on any atom is 0.212 e. The van der Waals surface area contributed by atoms with Crippen molar-refractivity contribution in [1.29, 1.82) is 5.26 Å². The van der Waals surface area contributed by atoms with Crippen LogP contribution >= 0.6 is 0 Å². The first-order valence-electron chi connectivity index (χ1n) is 6.60. The number of aromatic nitrogens is 1. The van der Waals surface area contributed by atoms with E-state index in [1.165, 1.54) is 13.0 Å². The maximum absolute atomic E-state index is 14.3. The molecule has 116 valence electrons. The number of rotatable bonds is 4. The molecule has 0 aliphatic rings. The van der Waals surface area contributed by atoms with E-state index >= 15 is 0 Å². The Kier molecular flexibility index (Phi) is 4.35. The summed E-state index contributed by atoms with van der Waals surface area (Å²) in [7, 11) is -1.96. The van der Waals surface area contributed by atoms with Gasteiger partial charge >= 0.3 is 0 Å². The van der Waals surface area contributed by atoms with E-state index in [0.29, 0.717) is 22.5 Å². The molecule has 1 unspecified atom stereocenters. The van der Waals surface area contributed by atoms with E-state index in [1.54, 1.807) is 35.9 Å². The lowest BCUT2D eigenvalue weighted by molar-refractivity contribution is 0.583. The summed E-state index contributed by atoms with van der Waals surface area (Å²) in [5.41, 5.74) is 1.93. The second kappa shape index (κ2) is 5.91. The first-order chi connectivity index (χ1) is 10.2. The van der Waals surface area contributed by atoms with Gasteiger partial charge in [-0.25, -0.2) is 17.9 Å². The quantitative estimate of drug-likeness (QED) is 0.933. The second-order valence-electron chi connectivity index (χ2n) is 5.19. The Morgan fingerprint density at radius 2 is 2.05 bits per heavy atom. The highest BCUT2D eigenvalue weighted by Gasteiger charge is 2.17. The highest BCUT2D eigenvalue weighted by molar-refractivity contribution is 7.89. The van der Waals surface area contributed by atoms with Gasteiger partial charge in [-0.1, -0.05) is 6.07 Å². The molecule has 0 bridgehead atoms. The minimum Gasteiger partial charge on any atom is -0.335 e. The molecule has 0 fully saturated rings. The molecular formula is C15H16FN3O2S. The number of sulfonamides is 1. The van der Waals surface area contributed by atoms with Gasteiger partial charge < -0.3 is 4.57 Å². The predicted octanol–water partition coefficient (Wildman–Crippen LogP) is 1.92. The molecule has 1 aromatic carbocycles. The van der Waals surface area contributed by atoms with E-state index in [0.717, 1.165) is 0 Å². The fourth-order valence-corrected chi connectivity index (χ4v) is 2.66. The predicted molar refractivity (Wildman–Crippen MR) is 81.8 cm³/mol. The molecule has 1 aromatic heterocycles. The minimum atomic E-state index is -3.65. The van der Waals surface area contributed by atoms with Crippen molar-refractivity contribution in [3.63, 3.8) is 0 Å². The number of hydrogen-bond acceptors (Lipinski definition) is 3. The molecule has 0 aliphatic carbocycles. The standard InChI is InChI=1S/C15H16FN3O2S/c1-10(22(18,20)21)7-11-3-5-13(14(16)8-11)15-6-4-12(9-17)19(15)2/h3-6,8,10H,7H2,1-2H3,(H2,18,20,21). The zero-order valence-corrected chi connectivity index (χ0v) is 13.1. The van der Waals surface area contributed by atoms with Gasteiger partial charge in [0.05, 0.1) is 10.9 Å². The van der Waals surface area contributed by atoms with Gasteiger partial charge in [-0.15, -0.1) is 0 Å². The molecule has 22 heavy (non-hydrogen) atoms. The average molecular weight is 321 g/mol. The highest BCUT2D eigenvalue weighted by Crippen LogP contribution is 2.25. The molecule has 0 saturated heterocycles. The monoisotopic (exact) mass is 321 g/mol. The molecule has 0 radical (unpaired) electrons. The largest absolute Gasteiger partial charge is 0.335 e. The van der Waals surface area contributed by atoms with E-state index in [4.69, 9.17) is 10.4 Å². The molecule has 1 heterocycles. The Morgan fingerprint density at radius 3 is 2.55 bits per heavy atom. The van der Waals surface area contributed by atoms with Gasteiger partial charge in [-0.05, 0) is 43.2 Å². The molecule has 0 spiro atoms. The lowest BCUT2D eigenvalue weighted by Gasteiger charge is -2.11. The lowest BCUT2D eigenvalue weighted by atomic mass is 10.0. The molecule has 2 N–H and O–H groups in total. The molecule has 1 atom stereocenters. The number of nitrogens with two attached hydrogens (primary N) is 1. The summed E-state index contributed by atoms with van der Waals surface area (Å²) in [6.45, 7) is 1.48. The van der Waals surface area contributed by atoms with Crippen molar-refractivity contribution in [2.45, 2.75) is 18.6 Å². The third-order valence-electron chi connectivity index (χ3n) is 3.63. The Balaban J connectivity index is 2.35. The van der Waals surface area contributed by atoms with Gasteiger partial charge in [0.15, 0.2) is 0 Å². The summed E-state index contributed by atoms with van der Waals surface area (Å²) in [5.74, 6) is -0.468. The summed E-state index contributed by atoms with van der Waals surface area (Å²) >= 11 is 0. The van der Waals surface area contributed by atoms with Crippen LogP contribution in [0.1, 0.15) is 18.2 Å². The van der Waals surface area contributed by atoms with Crippen LogP contribution in [0.4, 0.5) is 4.39 Å². The van der Waals surface area contributed by atoms with Crippen LogP contribution in [0, 0.1) is 17.1 Å². The van der Waals surface area contributed by atoms with Crippen LogP contribution in [0.3, 0.4) is 0 Å². The van der Waals surface area contributed by atoms with Crippen LogP contribution in [-0.4, -0.2) is 18.2 Å². The van der Waals surface area contributed by atoms with E-state index in [-0.39, 0.29) is 6.42 Å². The minimum absolute atomic E-state index is 0.145. The van der Waals surface area contributed by atoms with Crippen molar-refractivity contribution in [1.82, 2.24) is 4.57 Å². The van der Waals surface area contributed by atoms with Crippen LogP contribution in [0.25, 0.3) is 11.3 Å². The molecule has 0 saturated carbocycles. The zero-order valence-electron chi connectivity index (χ0n) is 12.2. The van der Waals surface area contributed by atoms with Crippen LogP contribution in [0.5, 0.6) is 0 Å². The normalized spacial score (nSPS) is 12.9. The third-order valence-corrected chi connectivity index (χ3v) is 4.92. The fraction of sp³-hybridized carbons (Fsp3) is 0.267. The number of nitriles is 1. The van der Waals surface area contributed by atoms with Gasteiger partial charge in [0.1, 0.15) is 17.6 Å². The zero-order chi connectivity index (χ0) is 16.5. The Labute approximate surface area is 128 Å². The number of nitrogens with zero attached hydrogens (tertiary/aromatic N) is 2. The molecular weight excluding hydrogens is 305 g/mol. The highest BCUT2D eigenvalue weighted by atomic mass is 32.2. The van der Waals surface area contributed by atoms with Crippen molar-refractivity contribution in [2.75, 3.05) is 0 Å². The first-order valence-corrected chi connectivity index (χ1v) is 8.21. The summed E-state index contributed by atoms with van der Waals surface area (Å²) in [4.78, 5) is 0. The van der Waals surface area contributed by atoms with Crippen LogP contribution < -0.4 is 5.14 Å². The molecule has 0 aliphatic heterocycles. The molecule has 7 heteroatoms. The van der Waals surface area contributed by atoms with Gasteiger partial charge in [0.25, 0.3) is 0 Å². The molecule has 5 nitrogen and oxygen atoms in total. The average Bonchev–Trinajstić information content (AvgIpc) is 2.79. The number of halogens is 1. The van der Waals surface area contributed by atoms with Crippen LogP contribution in [0.15, 0.2) is 30.3 Å². The molecule has 2 aromatic rings. The summed E-state index contributed by atoms with van der Waals surface area (Å²) in [6.07, 6.45) is 0.145. The van der Waals surface area contributed by atoms with Gasteiger partial charge in [0, 0.05) is 12.6 Å². The van der Waals surface area contributed by atoms with Crippen molar-refractivity contribution in [3.8, 4) is 17.3 Å². The maximum atomic E-state index is 14.3. The van der Waals surface area contributed by atoms with E-state index < -0.39 is 21.1 Å². The van der Waals surface area contributed by atoms with E-state index in [9.17, 15) is 12.8 Å². The van der Waals surface area contributed by atoms with Gasteiger partial charge in [-0.3, -0.25) is 0 Å². The number of primary sulfonamides is 1. The molecule has 2 rings (SSSR count).